The van der Waals surface area contributed by atoms with Crippen LogP contribution in [-0.4, -0.2) is 14.5 Å². The second kappa shape index (κ2) is 6.99. The maximum atomic E-state index is 13.2. The number of anilines is 1. The molecule has 0 bridgehead atoms. The SMILES string of the molecule is Cc1c(-c2noc(N)c2N=Nc2ccccc2)c(=O)n(-c2ccccc2)n1C. The van der Waals surface area contributed by atoms with Crippen molar-refractivity contribution in [2.45, 2.75) is 6.92 Å². The lowest BCUT2D eigenvalue weighted by Crippen LogP contribution is -2.20. The third-order valence-electron chi connectivity index (χ3n) is 4.51. The van der Waals surface area contributed by atoms with Crippen LogP contribution in [0, 0.1) is 6.92 Å². The summed E-state index contributed by atoms with van der Waals surface area (Å²) in [6, 6.07) is 18.6. The molecule has 0 unspecified atom stereocenters. The largest absolute Gasteiger partial charge is 0.366 e. The molecule has 0 aliphatic carbocycles. The Hall–Kier alpha value is -3.94. The number of aromatic nitrogens is 3. The summed E-state index contributed by atoms with van der Waals surface area (Å²) in [6.45, 7) is 1.83. The minimum atomic E-state index is -0.240. The Labute approximate surface area is 160 Å². The van der Waals surface area contributed by atoms with Gasteiger partial charge in [0.25, 0.3) is 11.4 Å². The number of hydrogen-bond acceptors (Lipinski definition) is 6. The lowest BCUT2D eigenvalue weighted by Gasteiger charge is -2.07. The van der Waals surface area contributed by atoms with Crippen LogP contribution in [0.15, 0.2) is 80.2 Å². The van der Waals surface area contributed by atoms with Crippen molar-refractivity contribution in [3.63, 3.8) is 0 Å². The lowest BCUT2D eigenvalue weighted by atomic mass is 10.1. The summed E-state index contributed by atoms with van der Waals surface area (Å²) >= 11 is 0. The Bertz CT molecular complexity index is 1200. The highest BCUT2D eigenvalue weighted by Gasteiger charge is 2.25. The molecule has 0 aliphatic heterocycles. The summed E-state index contributed by atoms with van der Waals surface area (Å²) in [7, 11) is 1.81. The summed E-state index contributed by atoms with van der Waals surface area (Å²) in [4.78, 5) is 13.2. The van der Waals surface area contributed by atoms with E-state index in [2.05, 4.69) is 15.4 Å². The topological polar surface area (TPSA) is 104 Å². The van der Waals surface area contributed by atoms with Crippen molar-refractivity contribution in [3.8, 4) is 16.9 Å². The van der Waals surface area contributed by atoms with Gasteiger partial charge in [0.15, 0.2) is 11.4 Å². The summed E-state index contributed by atoms with van der Waals surface area (Å²) in [5.74, 6) is 0.00333. The molecule has 0 saturated carbocycles. The van der Waals surface area contributed by atoms with E-state index in [-0.39, 0.29) is 22.8 Å². The molecule has 140 valence electrons. The number of benzene rings is 2. The molecule has 4 aromatic rings. The van der Waals surface area contributed by atoms with Crippen molar-refractivity contribution in [2.75, 3.05) is 5.73 Å². The summed E-state index contributed by atoms with van der Waals surface area (Å²) in [5.41, 5.74) is 8.63. The van der Waals surface area contributed by atoms with Gasteiger partial charge in [-0.1, -0.05) is 41.6 Å². The zero-order chi connectivity index (χ0) is 19.7. The van der Waals surface area contributed by atoms with E-state index in [1.54, 1.807) is 9.36 Å². The molecule has 0 atom stereocenters. The zero-order valence-electron chi connectivity index (χ0n) is 15.4. The fourth-order valence-electron chi connectivity index (χ4n) is 3.00. The highest BCUT2D eigenvalue weighted by molar-refractivity contribution is 5.79. The molecular formula is C20H18N6O2. The van der Waals surface area contributed by atoms with Crippen LogP contribution in [0.4, 0.5) is 17.3 Å². The smallest absolute Gasteiger partial charge is 0.281 e. The van der Waals surface area contributed by atoms with E-state index in [0.717, 1.165) is 5.69 Å². The third-order valence-corrected chi connectivity index (χ3v) is 4.51. The number of azo groups is 1. The first kappa shape index (κ1) is 17.5. The predicted molar refractivity (Wildman–Crippen MR) is 106 cm³/mol. The van der Waals surface area contributed by atoms with E-state index in [0.29, 0.717) is 16.9 Å². The first-order valence-corrected chi connectivity index (χ1v) is 8.64. The van der Waals surface area contributed by atoms with Crippen LogP contribution in [0.5, 0.6) is 0 Å². The molecule has 0 fully saturated rings. The molecule has 2 aromatic heterocycles. The molecular weight excluding hydrogens is 356 g/mol. The number of nitrogens with zero attached hydrogens (tertiary/aromatic N) is 5. The van der Waals surface area contributed by atoms with Gasteiger partial charge >= 0.3 is 0 Å². The molecule has 8 nitrogen and oxygen atoms in total. The maximum Gasteiger partial charge on any atom is 0.281 e. The first-order chi connectivity index (χ1) is 13.6. The molecule has 2 aromatic carbocycles. The average Bonchev–Trinajstić information content (AvgIpc) is 3.18. The van der Waals surface area contributed by atoms with E-state index in [9.17, 15) is 4.79 Å². The predicted octanol–water partition coefficient (Wildman–Crippen LogP) is 4.14. The van der Waals surface area contributed by atoms with Crippen molar-refractivity contribution in [1.82, 2.24) is 14.5 Å². The summed E-state index contributed by atoms with van der Waals surface area (Å²) in [5, 5.41) is 12.4. The number of nitrogen functional groups attached to an aromatic ring is 1. The second-order valence-electron chi connectivity index (χ2n) is 6.22. The van der Waals surface area contributed by atoms with Crippen LogP contribution in [0.1, 0.15) is 5.69 Å². The molecule has 0 radical (unpaired) electrons. The van der Waals surface area contributed by atoms with Gasteiger partial charge in [-0.15, -0.1) is 5.11 Å². The zero-order valence-corrected chi connectivity index (χ0v) is 15.4. The van der Waals surface area contributed by atoms with Gasteiger partial charge in [-0.3, -0.25) is 9.48 Å². The van der Waals surface area contributed by atoms with Gasteiger partial charge in [0.1, 0.15) is 0 Å². The van der Waals surface area contributed by atoms with Crippen LogP contribution in [-0.2, 0) is 7.05 Å². The molecule has 2 N–H and O–H groups in total. The Morgan fingerprint density at radius 1 is 1.00 bits per heavy atom. The second-order valence-corrected chi connectivity index (χ2v) is 6.22. The fourth-order valence-corrected chi connectivity index (χ4v) is 3.00. The van der Waals surface area contributed by atoms with E-state index >= 15 is 0 Å². The van der Waals surface area contributed by atoms with Gasteiger partial charge in [0.05, 0.1) is 16.9 Å². The Balaban J connectivity index is 1.86. The summed E-state index contributed by atoms with van der Waals surface area (Å²) in [6.07, 6.45) is 0. The molecule has 8 heteroatoms. The van der Waals surface area contributed by atoms with E-state index in [1.807, 2.05) is 74.6 Å². The molecule has 0 spiro atoms. The van der Waals surface area contributed by atoms with Gasteiger partial charge < -0.3 is 10.3 Å². The van der Waals surface area contributed by atoms with Crippen molar-refractivity contribution in [1.29, 1.82) is 0 Å². The van der Waals surface area contributed by atoms with E-state index < -0.39 is 0 Å². The first-order valence-electron chi connectivity index (χ1n) is 8.64. The molecule has 0 aliphatic rings. The number of nitrogens with two attached hydrogens (primary N) is 1. The maximum absolute atomic E-state index is 13.2. The quantitative estimate of drug-likeness (QED) is 0.542. The molecule has 28 heavy (non-hydrogen) atoms. The van der Waals surface area contributed by atoms with Crippen molar-refractivity contribution < 1.29 is 4.52 Å². The van der Waals surface area contributed by atoms with E-state index in [4.69, 9.17) is 10.3 Å². The molecule has 2 heterocycles. The highest BCUT2D eigenvalue weighted by Crippen LogP contribution is 2.36. The molecule has 0 saturated heterocycles. The Morgan fingerprint density at radius 2 is 1.64 bits per heavy atom. The number of para-hydroxylation sites is 1. The normalized spacial score (nSPS) is 11.4. The average molecular weight is 374 g/mol. The van der Waals surface area contributed by atoms with Crippen molar-refractivity contribution in [3.05, 3.63) is 76.7 Å². The fraction of sp³-hybridized carbons (Fsp3) is 0.100. The van der Waals surface area contributed by atoms with Crippen LogP contribution in [0.3, 0.4) is 0 Å². The minimum absolute atomic E-state index is 0.00333. The highest BCUT2D eigenvalue weighted by atomic mass is 16.5. The number of hydrogen-bond donors (Lipinski definition) is 1. The molecule has 0 amide bonds. The van der Waals surface area contributed by atoms with Crippen LogP contribution >= 0.6 is 0 Å². The third kappa shape index (κ3) is 2.90. The lowest BCUT2D eigenvalue weighted by molar-refractivity contribution is 0.439. The van der Waals surface area contributed by atoms with Gasteiger partial charge in [-0.05, 0) is 31.2 Å². The molecule has 4 rings (SSSR count). The monoisotopic (exact) mass is 374 g/mol. The van der Waals surface area contributed by atoms with Crippen LogP contribution < -0.4 is 11.3 Å². The summed E-state index contributed by atoms with van der Waals surface area (Å²) < 4.78 is 8.44. The van der Waals surface area contributed by atoms with Crippen molar-refractivity contribution in [2.24, 2.45) is 17.3 Å². The Kier molecular flexibility index (Phi) is 4.36. The number of rotatable bonds is 4. The minimum Gasteiger partial charge on any atom is -0.366 e. The van der Waals surface area contributed by atoms with Gasteiger partial charge in [0, 0.05) is 12.7 Å². The van der Waals surface area contributed by atoms with Gasteiger partial charge in [-0.25, -0.2) is 4.68 Å². The van der Waals surface area contributed by atoms with Crippen molar-refractivity contribution >= 4 is 17.3 Å². The Morgan fingerprint density at radius 3 is 2.32 bits per heavy atom. The standard InChI is InChI=1S/C20H18N6O2/c1-13-16(20(27)26(25(13)2)15-11-7-4-8-12-15)17-18(19(21)28-24-17)23-22-14-9-5-3-6-10-14/h3-12H,21H2,1-2H3. The van der Waals surface area contributed by atoms with Crippen LogP contribution in [0.25, 0.3) is 16.9 Å². The van der Waals surface area contributed by atoms with Gasteiger partial charge in [-0.2, -0.15) is 5.11 Å². The van der Waals surface area contributed by atoms with Gasteiger partial charge in [0.2, 0.25) is 0 Å². The van der Waals surface area contributed by atoms with E-state index in [1.165, 1.54) is 0 Å². The van der Waals surface area contributed by atoms with Crippen LogP contribution in [0.2, 0.25) is 0 Å².